The van der Waals surface area contributed by atoms with Gasteiger partial charge in [-0.3, -0.25) is 4.99 Å². The van der Waals surface area contributed by atoms with E-state index in [9.17, 15) is 0 Å². The van der Waals surface area contributed by atoms with Crippen LogP contribution < -0.4 is 5.32 Å². The van der Waals surface area contributed by atoms with Crippen molar-refractivity contribution in [2.24, 2.45) is 16.8 Å². The normalized spacial score (nSPS) is 20.7. The van der Waals surface area contributed by atoms with Crippen LogP contribution in [0.25, 0.3) is 0 Å². The molecule has 1 N–H and O–H groups in total. The van der Waals surface area contributed by atoms with Crippen molar-refractivity contribution in [3.05, 3.63) is 0 Å². The first-order chi connectivity index (χ1) is 9.29. The van der Waals surface area contributed by atoms with Gasteiger partial charge in [-0.1, -0.05) is 6.92 Å². The SMILES string of the molecule is CCNC(=NCCOCC1CC1)N1CCC(C)CC1.I. The van der Waals surface area contributed by atoms with E-state index in [1.54, 1.807) is 0 Å². The smallest absolute Gasteiger partial charge is 0.193 e. The molecule has 2 rings (SSSR count). The Labute approximate surface area is 140 Å². The zero-order chi connectivity index (χ0) is 13.5. The molecule has 0 unspecified atom stereocenters. The second kappa shape index (κ2) is 9.82. The van der Waals surface area contributed by atoms with E-state index in [-0.39, 0.29) is 24.0 Å². The molecule has 118 valence electrons. The second-order valence-electron chi connectivity index (χ2n) is 5.92. The molecule has 1 saturated heterocycles. The zero-order valence-electron chi connectivity index (χ0n) is 12.9. The number of halogens is 1. The first-order valence-electron chi connectivity index (χ1n) is 7.90. The van der Waals surface area contributed by atoms with E-state index in [1.807, 2.05) is 0 Å². The Morgan fingerprint density at radius 3 is 2.55 bits per heavy atom. The van der Waals surface area contributed by atoms with E-state index < -0.39 is 0 Å². The average molecular weight is 395 g/mol. The minimum absolute atomic E-state index is 0. The third-order valence-electron chi connectivity index (χ3n) is 3.97. The number of piperidine rings is 1. The summed E-state index contributed by atoms with van der Waals surface area (Å²) < 4.78 is 5.64. The van der Waals surface area contributed by atoms with E-state index in [0.717, 1.165) is 57.2 Å². The molecule has 0 aromatic rings. The highest BCUT2D eigenvalue weighted by molar-refractivity contribution is 14.0. The predicted molar refractivity (Wildman–Crippen MR) is 94.9 cm³/mol. The van der Waals surface area contributed by atoms with Crippen LogP contribution in [-0.4, -0.2) is 50.3 Å². The highest BCUT2D eigenvalue weighted by Crippen LogP contribution is 2.28. The molecule has 1 aliphatic heterocycles. The van der Waals surface area contributed by atoms with Gasteiger partial charge in [0.1, 0.15) is 0 Å². The maximum Gasteiger partial charge on any atom is 0.193 e. The monoisotopic (exact) mass is 395 g/mol. The lowest BCUT2D eigenvalue weighted by atomic mass is 10.00. The van der Waals surface area contributed by atoms with Gasteiger partial charge < -0.3 is 15.0 Å². The van der Waals surface area contributed by atoms with Gasteiger partial charge in [0.25, 0.3) is 0 Å². The van der Waals surface area contributed by atoms with Gasteiger partial charge in [0.05, 0.1) is 13.2 Å². The average Bonchev–Trinajstić information content (AvgIpc) is 3.22. The molecule has 1 aliphatic carbocycles. The molecule has 0 spiro atoms. The second-order valence-corrected chi connectivity index (χ2v) is 5.92. The van der Waals surface area contributed by atoms with Crippen LogP contribution in [0.2, 0.25) is 0 Å². The zero-order valence-corrected chi connectivity index (χ0v) is 15.3. The quantitative estimate of drug-likeness (QED) is 0.325. The molecule has 2 aliphatic rings. The number of likely N-dealkylation sites (tertiary alicyclic amines) is 1. The number of hydrogen-bond donors (Lipinski definition) is 1. The van der Waals surface area contributed by atoms with Gasteiger partial charge >= 0.3 is 0 Å². The molecule has 1 saturated carbocycles. The molecule has 20 heavy (non-hydrogen) atoms. The Hall–Kier alpha value is -0.0400. The van der Waals surface area contributed by atoms with Crippen molar-refractivity contribution in [2.45, 2.75) is 39.5 Å². The molecule has 1 heterocycles. The van der Waals surface area contributed by atoms with E-state index in [2.05, 4.69) is 29.1 Å². The summed E-state index contributed by atoms with van der Waals surface area (Å²) in [4.78, 5) is 7.08. The van der Waals surface area contributed by atoms with Crippen molar-refractivity contribution < 1.29 is 4.74 Å². The van der Waals surface area contributed by atoms with Crippen LogP contribution in [0.4, 0.5) is 0 Å². The molecule has 0 radical (unpaired) electrons. The summed E-state index contributed by atoms with van der Waals surface area (Å²) in [5, 5.41) is 3.40. The van der Waals surface area contributed by atoms with Crippen molar-refractivity contribution in [1.29, 1.82) is 0 Å². The summed E-state index contributed by atoms with van der Waals surface area (Å²) >= 11 is 0. The summed E-state index contributed by atoms with van der Waals surface area (Å²) in [5.74, 6) is 2.78. The van der Waals surface area contributed by atoms with Crippen molar-refractivity contribution >= 4 is 29.9 Å². The summed E-state index contributed by atoms with van der Waals surface area (Å²) in [7, 11) is 0. The summed E-state index contributed by atoms with van der Waals surface area (Å²) in [6, 6.07) is 0. The topological polar surface area (TPSA) is 36.9 Å². The van der Waals surface area contributed by atoms with Gasteiger partial charge in [-0.05, 0) is 44.4 Å². The predicted octanol–water partition coefficient (Wildman–Crippen LogP) is 2.73. The molecule has 0 atom stereocenters. The summed E-state index contributed by atoms with van der Waals surface area (Å²) in [5.41, 5.74) is 0. The van der Waals surface area contributed by atoms with Crippen molar-refractivity contribution in [3.63, 3.8) is 0 Å². The van der Waals surface area contributed by atoms with Crippen molar-refractivity contribution in [3.8, 4) is 0 Å². The van der Waals surface area contributed by atoms with Gasteiger partial charge in [0, 0.05) is 26.2 Å². The Balaban J connectivity index is 0.00000200. The molecule has 0 aromatic heterocycles. The van der Waals surface area contributed by atoms with Crippen LogP contribution in [0.15, 0.2) is 4.99 Å². The van der Waals surface area contributed by atoms with Gasteiger partial charge in [-0.25, -0.2) is 0 Å². The number of hydrogen-bond acceptors (Lipinski definition) is 2. The molecule has 4 nitrogen and oxygen atoms in total. The van der Waals surface area contributed by atoms with Gasteiger partial charge in [0.15, 0.2) is 5.96 Å². The van der Waals surface area contributed by atoms with E-state index in [0.29, 0.717) is 0 Å². The fourth-order valence-electron chi connectivity index (χ4n) is 2.40. The maximum absolute atomic E-state index is 5.64. The lowest BCUT2D eigenvalue weighted by Crippen LogP contribution is -2.45. The van der Waals surface area contributed by atoms with E-state index >= 15 is 0 Å². The largest absolute Gasteiger partial charge is 0.379 e. The van der Waals surface area contributed by atoms with Crippen molar-refractivity contribution in [1.82, 2.24) is 10.2 Å². The van der Waals surface area contributed by atoms with Crippen LogP contribution in [0, 0.1) is 11.8 Å². The fraction of sp³-hybridized carbons (Fsp3) is 0.933. The molecule has 0 bridgehead atoms. The van der Waals surface area contributed by atoms with Gasteiger partial charge in [-0.15, -0.1) is 24.0 Å². The van der Waals surface area contributed by atoms with Gasteiger partial charge in [-0.2, -0.15) is 0 Å². The minimum atomic E-state index is 0. The third kappa shape index (κ3) is 6.61. The lowest BCUT2D eigenvalue weighted by molar-refractivity contribution is 0.131. The number of ether oxygens (including phenoxy) is 1. The third-order valence-corrected chi connectivity index (χ3v) is 3.97. The highest BCUT2D eigenvalue weighted by atomic mass is 127. The minimum Gasteiger partial charge on any atom is -0.379 e. The number of nitrogens with one attached hydrogen (secondary N) is 1. The molecule has 2 fully saturated rings. The fourth-order valence-corrected chi connectivity index (χ4v) is 2.40. The standard InChI is InChI=1S/C15H29N3O.HI/c1-3-16-15(18-9-6-13(2)7-10-18)17-8-11-19-12-14-4-5-14;/h13-14H,3-12H2,1-2H3,(H,16,17);1H. The molecule has 0 aromatic carbocycles. The Kier molecular flexibility index (Phi) is 8.84. The molecular formula is C15H30IN3O. The molecule has 5 heteroatoms. The van der Waals surface area contributed by atoms with Crippen LogP contribution in [0.3, 0.4) is 0 Å². The Morgan fingerprint density at radius 1 is 1.25 bits per heavy atom. The summed E-state index contributed by atoms with van der Waals surface area (Å²) in [6.45, 7) is 10.2. The number of guanidine groups is 1. The Bertz CT molecular complexity index is 287. The van der Waals surface area contributed by atoms with E-state index in [1.165, 1.54) is 25.7 Å². The van der Waals surface area contributed by atoms with Crippen LogP contribution in [0.1, 0.15) is 39.5 Å². The Morgan fingerprint density at radius 2 is 1.95 bits per heavy atom. The van der Waals surface area contributed by atoms with E-state index in [4.69, 9.17) is 4.74 Å². The highest BCUT2D eigenvalue weighted by Gasteiger charge is 2.21. The van der Waals surface area contributed by atoms with Crippen LogP contribution in [-0.2, 0) is 4.74 Å². The van der Waals surface area contributed by atoms with Crippen LogP contribution >= 0.6 is 24.0 Å². The lowest BCUT2D eigenvalue weighted by Gasteiger charge is -2.33. The maximum atomic E-state index is 5.64. The van der Waals surface area contributed by atoms with Crippen molar-refractivity contribution in [2.75, 3.05) is 39.4 Å². The summed E-state index contributed by atoms with van der Waals surface area (Å²) in [6.07, 6.45) is 5.28. The molecular weight excluding hydrogens is 365 g/mol. The first-order valence-corrected chi connectivity index (χ1v) is 7.90. The van der Waals surface area contributed by atoms with Gasteiger partial charge in [0.2, 0.25) is 0 Å². The number of aliphatic imine (C=N–C) groups is 1. The first kappa shape index (κ1) is 18.0. The number of nitrogens with zero attached hydrogens (tertiary/aromatic N) is 2. The number of rotatable bonds is 6. The molecule has 0 amide bonds. The van der Waals surface area contributed by atoms with Crippen LogP contribution in [0.5, 0.6) is 0 Å².